The number of benzene rings is 2. The number of nitrogens with one attached hydrogen (secondary N) is 1. The lowest BCUT2D eigenvalue weighted by atomic mass is 9.95. The van der Waals surface area contributed by atoms with Crippen molar-refractivity contribution in [3.05, 3.63) is 40.9 Å². The number of tetrazole rings is 1. The van der Waals surface area contributed by atoms with E-state index in [2.05, 4.69) is 25.6 Å². The number of sulfonamides is 1. The first kappa shape index (κ1) is 19.9. The number of hydrogen-bond acceptors (Lipinski definition) is 8. The number of fused-ring (bicyclic) bond motifs is 1. The van der Waals surface area contributed by atoms with Gasteiger partial charge in [-0.3, -0.25) is 0 Å². The van der Waals surface area contributed by atoms with Gasteiger partial charge in [-0.2, -0.15) is 23.6 Å². The second kappa shape index (κ2) is 6.83. The number of aromatic amines is 1. The number of nitrogens with zero attached hydrogens (tertiary/aromatic N) is 5. The van der Waals surface area contributed by atoms with Gasteiger partial charge in [-0.25, -0.2) is 18.5 Å². The minimum atomic E-state index is -5.01. The van der Waals surface area contributed by atoms with Crippen molar-refractivity contribution < 1.29 is 21.6 Å². The molecule has 0 radical (unpaired) electrons. The van der Waals surface area contributed by atoms with Crippen LogP contribution in [-0.2, 0) is 16.2 Å². The van der Waals surface area contributed by atoms with Crippen LogP contribution in [0, 0.1) is 11.3 Å². The van der Waals surface area contributed by atoms with Crippen LogP contribution in [0.25, 0.3) is 32.7 Å². The third kappa shape index (κ3) is 3.28. The second-order valence-electron chi connectivity index (χ2n) is 5.93. The topological polar surface area (TPSA) is 151 Å². The number of para-hydroxylation sites is 1. The van der Waals surface area contributed by atoms with Crippen LogP contribution in [0.5, 0.6) is 0 Å². The molecule has 0 saturated heterocycles. The summed E-state index contributed by atoms with van der Waals surface area (Å²) in [5.41, 5.74) is -1.31. The molecule has 0 bridgehead atoms. The Morgan fingerprint density at radius 3 is 2.53 bits per heavy atom. The Labute approximate surface area is 170 Å². The van der Waals surface area contributed by atoms with Gasteiger partial charge in [-0.15, -0.1) is 21.5 Å². The molecule has 0 aliphatic rings. The van der Waals surface area contributed by atoms with Crippen molar-refractivity contribution in [2.45, 2.75) is 11.1 Å². The largest absolute Gasteiger partial charge is 0.417 e. The Bertz CT molecular complexity index is 1420. The lowest BCUT2D eigenvalue weighted by Gasteiger charge is -2.17. The number of alkyl halides is 3. The Morgan fingerprint density at radius 1 is 1.17 bits per heavy atom. The molecule has 14 heteroatoms. The molecule has 9 nitrogen and oxygen atoms in total. The van der Waals surface area contributed by atoms with Crippen molar-refractivity contribution >= 4 is 31.6 Å². The van der Waals surface area contributed by atoms with E-state index in [9.17, 15) is 21.6 Å². The van der Waals surface area contributed by atoms with Crippen molar-refractivity contribution in [3.8, 4) is 28.6 Å². The molecule has 2 heterocycles. The number of halogens is 3. The van der Waals surface area contributed by atoms with Gasteiger partial charge < -0.3 is 0 Å². The van der Waals surface area contributed by atoms with Crippen LogP contribution >= 0.6 is 11.3 Å². The molecule has 0 spiro atoms. The minimum Gasteiger partial charge on any atom is -0.225 e. The van der Waals surface area contributed by atoms with Crippen molar-refractivity contribution in [1.29, 1.82) is 5.26 Å². The Balaban J connectivity index is 2.18. The van der Waals surface area contributed by atoms with Gasteiger partial charge in [0.2, 0.25) is 15.8 Å². The summed E-state index contributed by atoms with van der Waals surface area (Å²) >= 11 is 1.08. The van der Waals surface area contributed by atoms with Crippen LogP contribution in [0.4, 0.5) is 13.2 Å². The summed E-state index contributed by atoms with van der Waals surface area (Å²) in [6.45, 7) is 0. The van der Waals surface area contributed by atoms with E-state index in [1.165, 1.54) is 6.07 Å². The van der Waals surface area contributed by atoms with Gasteiger partial charge in [0.05, 0.1) is 21.3 Å². The molecule has 0 saturated carbocycles. The molecular weight excluding hydrogens is 443 g/mol. The van der Waals surface area contributed by atoms with Crippen LogP contribution in [0.1, 0.15) is 10.6 Å². The first-order valence-corrected chi connectivity index (χ1v) is 10.3. The maximum Gasteiger partial charge on any atom is 0.417 e. The van der Waals surface area contributed by atoms with E-state index < -0.39 is 38.0 Å². The number of aromatic nitrogens is 5. The van der Waals surface area contributed by atoms with Gasteiger partial charge in [0, 0.05) is 5.56 Å². The fraction of sp³-hybridized carbons (Fsp3) is 0.0625. The molecule has 0 atom stereocenters. The quantitative estimate of drug-likeness (QED) is 0.486. The molecular formula is C16H8F3N7O2S2. The first-order valence-electron chi connectivity index (χ1n) is 7.92. The second-order valence-corrected chi connectivity index (χ2v) is 8.46. The molecule has 0 amide bonds. The van der Waals surface area contributed by atoms with Crippen molar-refractivity contribution in [1.82, 2.24) is 25.6 Å². The van der Waals surface area contributed by atoms with Crippen LogP contribution in [0.15, 0.2) is 35.2 Å². The molecule has 0 unspecified atom stereocenters. The lowest BCUT2D eigenvalue weighted by molar-refractivity contribution is -0.139. The average Bonchev–Trinajstić information content (AvgIpc) is 3.34. The fourth-order valence-electron chi connectivity index (χ4n) is 3.03. The minimum absolute atomic E-state index is 0.0359. The molecule has 0 aliphatic heterocycles. The SMILES string of the molecule is N#Cc1nc2c(-c3ccc(C(F)(F)F)c(S(N)(=O)=O)c3-c3nn[nH]n3)cccc2s1. The maximum atomic E-state index is 13.6. The highest BCUT2D eigenvalue weighted by molar-refractivity contribution is 7.89. The third-order valence-electron chi connectivity index (χ3n) is 4.12. The number of primary sulfonamides is 1. The Hall–Kier alpha value is -3.41. The first-order chi connectivity index (χ1) is 14.1. The van der Waals surface area contributed by atoms with Gasteiger partial charge in [0.25, 0.3) is 0 Å². The highest BCUT2D eigenvalue weighted by Gasteiger charge is 2.40. The van der Waals surface area contributed by atoms with Crippen LogP contribution in [-0.4, -0.2) is 34.0 Å². The highest BCUT2D eigenvalue weighted by Crippen LogP contribution is 2.44. The average molecular weight is 451 g/mol. The van der Waals surface area contributed by atoms with Gasteiger partial charge in [0.1, 0.15) is 11.0 Å². The Morgan fingerprint density at radius 2 is 1.93 bits per heavy atom. The maximum absolute atomic E-state index is 13.6. The number of hydrogen-bond donors (Lipinski definition) is 2. The summed E-state index contributed by atoms with van der Waals surface area (Å²) < 4.78 is 65.9. The molecule has 2 aromatic heterocycles. The van der Waals surface area contributed by atoms with Crippen molar-refractivity contribution in [3.63, 3.8) is 0 Å². The number of nitriles is 1. The molecule has 0 aliphatic carbocycles. The predicted molar refractivity (Wildman–Crippen MR) is 99.3 cm³/mol. The van der Waals surface area contributed by atoms with Gasteiger partial charge >= 0.3 is 6.18 Å². The number of nitrogens with two attached hydrogens (primary N) is 1. The normalized spacial score (nSPS) is 12.2. The number of thiazole rings is 1. The van der Waals surface area contributed by atoms with E-state index in [0.29, 0.717) is 16.3 Å². The molecule has 30 heavy (non-hydrogen) atoms. The van der Waals surface area contributed by atoms with E-state index in [0.717, 1.165) is 17.4 Å². The van der Waals surface area contributed by atoms with E-state index in [4.69, 9.17) is 10.4 Å². The van der Waals surface area contributed by atoms with Gasteiger partial charge in [-0.05, 0) is 22.9 Å². The predicted octanol–water partition coefficient (Wildman–Crippen LogP) is 2.68. The van der Waals surface area contributed by atoms with Crippen molar-refractivity contribution in [2.24, 2.45) is 5.14 Å². The zero-order valence-corrected chi connectivity index (χ0v) is 16.1. The molecule has 4 aromatic rings. The van der Waals surface area contributed by atoms with E-state index in [1.54, 1.807) is 12.1 Å². The summed E-state index contributed by atoms with van der Waals surface area (Å²) in [4.78, 5) is 3.00. The van der Waals surface area contributed by atoms with Crippen LogP contribution < -0.4 is 5.14 Å². The van der Waals surface area contributed by atoms with Gasteiger partial charge in [0.15, 0.2) is 5.01 Å². The van der Waals surface area contributed by atoms with Crippen molar-refractivity contribution in [2.75, 3.05) is 0 Å². The number of H-pyrrole nitrogens is 1. The third-order valence-corrected chi connectivity index (χ3v) is 6.04. The molecule has 0 fully saturated rings. The van der Waals surface area contributed by atoms with Crippen LogP contribution in [0.3, 0.4) is 0 Å². The van der Waals surface area contributed by atoms with E-state index >= 15 is 0 Å². The monoisotopic (exact) mass is 451 g/mol. The Kier molecular flexibility index (Phi) is 4.53. The molecule has 4 rings (SSSR count). The fourth-order valence-corrected chi connectivity index (χ4v) is 4.80. The lowest BCUT2D eigenvalue weighted by Crippen LogP contribution is -2.21. The van der Waals surface area contributed by atoms with E-state index in [-0.39, 0.29) is 16.1 Å². The molecule has 2 aromatic carbocycles. The van der Waals surface area contributed by atoms with Crippen LogP contribution in [0.2, 0.25) is 0 Å². The van der Waals surface area contributed by atoms with Gasteiger partial charge in [-0.1, -0.05) is 18.2 Å². The molecule has 3 N–H and O–H groups in total. The molecule has 152 valence electrons. The summed E-state index contributed by atoms with van der Waals surface area (Å²) in [5.74, 6) is -0.395. The smallest absolute Gasteiger partial charge is 0.225 e. The summed E-state index contributed by atoms with van der Waals surface area (Å²) in [7, 11) is -4.87. The summed E-state index contributed by atoms with van der Waals surface area (Å²) in [6.07, 6.45) is -5.01. The standard InChI is InChI=1S/C16H8F3N7O2S2/c17-16(18,19)9-5-4-7(8-2-1-3-10-13(8)22-11(6-20)29-10)12(14(9)30(21,27)28)15-23-25-26-24-15/h1-5H,(H2,21,27,28)(H,23,24,25,26). The number of rotatable bonds is 3. The zero-order chi connectivity index (χ0) is 21.7. The van der Waals surface area contributed by atoms with E-state index in [1.807, 2.05) is 6.07 Å². The zero-order valence-electron chi connectivity index (χ0n) is 14.5. The summed E-state index contributed by atoms with van der Waals surface area (Å²) in [6, 6.07) is 8.42. The highest BCUT2D eigenvalue weighted by atomic mass is 32.2. The summed E-state index contributed by atoms with van der Waals surface area (Å²) in [5, 5.41) is 27.2.